The first-order valence-electron chi connectivity index (χ1n) is 16.3. The zero-order valence-electron chi connectivity index (χ0n) is 29.0. The van der Waals surface area contributed by atoms with Gasteiger partial charge in [-0.1, -0.05) is 6.92 Å². The molecule has 0 saturated heterocycles. The molecule has 3 amide bonds. The predicted molar refractivity (Wildman–Crippen MR) is 186 cm³/mol. The lowest BCUT2D eigenvalue weighted by atomic mass is 10.0. The van der Waals surface area contributed by atoms with E-state index in [-0.39, 0.29) is 54.0 Å². The Labute approximate surface area is 288 Å². The first-order valence-corrected chi connectivity index (χ1v) is 17.8. The Morgan fingerprint density at radius 2 is 1.88 bits per heavy atom. The molecule has 1 aliphatic heterocycles. The van der Waals surface area contributed by atoms with Crippen LogP contribution in [0.15, 0.2) is 60.0 Å². The number of aromatic nitrogens is 2. The van der Waals surface area contributed by atoms with E-state index in [1.165, 1.54) is 28.1 Å². The predicted octanol–water partition coefficient (Wildman–Crippen LogP) is 4.19. The molecule has 4 rings (SSSR count). The summed E-state index contributed by atoms with van der Waals surface area (Å²) in [6.07, 6.45) is 4.31. The Morgan fingerprint density at radius 3 is 2.53 bits per heavy atom. The number of nitrogens with one attached hydrogen (secondary N) is 2. The fourth-order valence-electron chi connectivity index (χ4n) is 5.43. The highest BCUT2D eigenvalue weighted by Gasteiger charge is 2.31. The minimum absolute atomic E-state index is 0.145. The second kappa shape index (κ2) is 16.9. The average Bonchev–Trinajstić information content (AvgIpc) is 3.53. The van der Waals surface area contributed by atoms with Crippen molar-refractivity contribution in [1.82, 2.24) is 19.4 Å². The summed E-state index contributed by atoms with van der Waals surface area (Å²) in [6.45, 7) is 6.14. The number of likely N-dealkylation sites (N-methyl/N-ethyl adjacent to an activating group) is 1. The number of aryl methyl sites for hydroxylation is 1. The molecule has 268 valence electrons. The highest BCUT2D eigenvalue weighted by molar-refractivity contribution is 7.92. The number of ether oxygens (including phenoxy) is 3. The summed E-state index contributed by atoms with van der Waals surface area (Å²) in [5, 5.41) is 12.9. The monoisotopic (exact) mass is 700 g/mol. The molecule has 2 heterocycles. The molecule has 14 nitrogen and oxygen atoms in total. The van der Waals surface area contributed by atoms with E-state index in [2.05, 4.69) is 15.0 Å². The molecule has 0 spiro atoms. The number of anilines is 2. The van der Waals surface area contributed by atoms with Gasteiger partial charge in [-0.2, -0.15) is 8.42 Å². The Bertz CT molecular complexity index is 1660. The smallest absolute Gasteiger partial charge is 0.321 e. The van der Waals surface area contributed by atoms with Crippen molar-refractivity contribution >= 4 is 33.3 Å². The largest absolute Gasteiger partial charge is 0.497 e. The van der Waals surface area contributed by atoms with E-state index in [1.54, 1.807) is 69.4 Å². The van der Waals surface area contributed by atoms with Crippen LogP contribution < -0.4 is 19.5 Å². The molecule has 49 heavy (non-hydrogen) atoms. The Balaban J connectivity index is 1.60. The summed E-state index contributed by atoms with van der Waals surface area (Å²) in [4.78, 5) is 34.5. The Morgan fingerprint density at radius 1 is 1.16 bits per heavy atom. The van der Waals surface area contributed by atoms with E-state index in [0.29, 0.717) is 30.2 Å². The maximum Gasteiger partial charge on any atom is 0.321 e. The van der Waals surface area contributed by atoms with Crippen LogP contribution in [-0.4, -0.2) is 104 Å². The maximum atomic E-state index is 14.4. The fraction of sp³-hybridized carbons (Fsp3) is 0.500. The third kappa shape index (κ3) is 10.1. The van der Waals surface area contributed by atoms with Crippen molar-refractivity contribution < 1.29 is 37.3 Å². The number of imidazole rings is 1. The van der Waals surface area contributed by atoms with Crippen LogP contribution in [-0.2, 0) is 21.8 Å². The van der Waals surface area contributed by atoms with Crippen molar-refractivity contribution in [1.29, 1.82) is 0 Å². The molecule has 0 unspecified atom stereocenters. The van der Waals surface area contributed by atoms with Crippen LogP contribution in [0.2, 0.25) is 0 Å². The molecule has 1 aromatic heterocycles. The van der Waals surface area contributed by atoms with Crippen LogP contribution in [0, 0.1) is 5.92 Å². The molecule has 15 heteroatoms. The zero-order chi connectivity index (χ0) is 35.7. The number of urea groups is 1. The third-order valence-electron chi connectivity index (χ3n) is 8.40. The normalized spacial score (nSPS) is 19.9. The van der Waals surface area contributed by atoms with E-state index in [0.717, 1.165) is 12.8 Å². The number of amides is 3. The molecule has 0 bridgehead atoms. The van der Waals surface area contributed by atoms with Gasteiger partial charge in [0.15, 0.2) is 5.03 Å². The number of hydrogen-bond donors (Lipinski definition) is 3. The molecule has 0 fully saturated rings. The van der Waals surface area contributed by atoms with Gasteiger partial charge >= 0.3 is 6.03 Å². The minimum Gasteiger partial charge on any atom is -0.497 e. The molecule has 3 aromatic rings. The fourth-order valence-corrected chi connectivity index (χ4v) is 6.46. The van der Waals surface area contributed by atoms with Crippen LogP contribution in [0.25, 0.3) is 0 Å². The van der Waals surface area contributed by atoms with Gasteiger partial charge in [-0.25, -0.2) is 9.78 Å². The van der Waals surface area contributed by atoms with Crippen LogP contribution in [0.1, 0.15) is 50.4 Å². The lowest BCUT2D eigenvalue weighted by molar-refractivity contribution is -0.0115. The van der Waals surface area contributed by atoms with Gasteiger partial charge in [0, 0.05) is 57.3 Å². The van der Waals surface area contributed by atoms with Gasteiger partial charge in [0.25, 0.3) is 15.9 Å². The van der Waals surface area contributed by atoms with Gasteiger partial charge in [-0.3, -0.25) is 9.52 Å². The standard InChI is InChI=1S/C34H48N6O8S/c1-23-18-40(24(2)21-41)33(42)29-17-27(37-49(44,45)32-20-38(4)22-35-32)12-15-30(29)48-25(3)9-7-8-16-47-31(23)19-39(5)34(43)36-26-10-13-28(46-6)14-11-26/h10-15,17,20,22-25,31,37,41H,7-9,16,18-19,21H2,1-6H3,(H,36,43)/t23-,24+,25-,31-/m0/s1. The van der Waals surface area contributed by atoms with Crippen molar-refractivity contribution in [3.63, 3.8) is 0 Å². The SMILES string of the molecule is COc1ccc(NC(=O)N(C)C[C@@H]2OCCCC[C@H](C)Oc3ccc(NS(=O)(=O)c4cn(C)cn4)cc3C(=O)N([C@H](C)CO)C[C@@H]2C)cc1. The number of methoxy groups -OCH3 is 1. The number of hydrogen-bond acceptors (Lipinski definition) is 9. The number of carbonyl (C=O) groups is 2. The van der Waals surface area contributed by atoms with E-state index < -0.39 is 28.1 Å². The maximum absolute atomic E-state index is 14.4. The summed E-state index contributed by atoms with van der Waals surface area (Å²) in [7, 11) is 0.885. The van der Waals surface area contributed by atoms with Crippen LogP contribution in [0.4, 0.5) is 16.2 Å². The van der Waals surface area contributed by atoms with Crippen LogP contribution in [0.5, 0.6) is 11.5 Å². The molecule has 2 aromatic carbocycles. The number of fused-ring (bicyclic) bond motifs is 1. The minimum atomic E-state index is -4.04. The zero-order valence-corrected chi connectivity index (χ0v) is 29.8. The molecule has 0 saturated carbocycles. The van der Waals surface area contributed by atoms with Crippen molar-refractivity contribution in [3.8, 4) is 11.5 Å². The molecule has 1 aliphatic rings. The molecule has 4 atom stereocenters. The van der Waals surface area contributed by atoms with E-state index in [9.17, 15) is 23.1 Å². The lowest BCUT2D eigenvalue weighted by Gasteiger charge is -2.35. The molecule has 0 radical (unpaired) electrons. The quantitative estimate of drug-likeness (QED) is 0.297. The molecule has 3 N–H and O–H groups in total. The van der Waals surface area contributed by atoms with Crippen molar-refractivity contribution in [3.05, 3.63) is 60.6 Å². The number of carbonyl (C=O) groups excluding carboxylic acids is 2. The van der Waals surface area contributed by atoms with Crippen LogP contribution >= 0.6 is 0 Å². The topological polar surface area (TPSA) is 165 Å². The number of benzene rings is 2. The van der Waals surface area contributed by atoms with Gasteiger partial charge < -0.3 is 39.0 Å². The van der Waals surface area contributed by atoms with E-state index in [1.807, 2.05) is 13.8 Å². The summed E-state index contributed by atoms with van der Waals surface area (Å²) in [6, 6.07) is 10.7. The molecular weight excluding hydrogens is 652 g/mol. The summed E-state index contributed by atoms with van der Waals surface area (Å²) in [5.41, 5.74) is 0.916. The van der Waals surface area contributed by atoms with Crippen molar-refractivity contribution in [2.75, 3.05) is 50.5 Å². The number of rotatable bonds is 9. The van der Waals surface area contributed by atoms with Crippen molar-refractivity contribution in [2.24, 2.45) is 13.0 Å². The Hall–Kier alpha value is -4.34. The Kier molecular flexibility index (Phi) is 12.9. The number of aliphatic hydroxyl groups is 1. The van der Waals surface area contributed by atoms with E-state index >= 15 is 0 Å². The highest BCUT2D eigenvalue weighted by Crippen LogP contribution is 2.29. The third-order valence-corrected chi connectivity index (χ3v) is 9.67. The first-order chi connectivity index (χ1) is 23.3. The number of sulfonamides is 1. The molecular formula is C34H48N6O8S. The number of aliphatic hydroxyl groups excluding tert-OH is 1. The van der Waals surface area contributed by atoms with Crippen LogP contribution in [0.3, 0.4) is 0 Å². The second-order valence-corrected chi connectivity index (χ2v) is 14.2. The van der Waals surface area contributed by atoms with Crippen molar-refractivity contribution in [2.45, 2.75) is 63.3 Å². The second-order valence-electron chi connectivity index (χ2n) is 12.5. The summed E-state index contributed by atoms with van der Waals surface area (Å²) >= 11 is 0. The summed E-state index contributed by atoms with van der Waals surface area (Å²) in [5.74, 6) is 0.262. The van der Waals surface area contributed by atoms with Gasteiger partial charge in [-0.15, -0.1) is 0 Å². The van der Waals surface area contributed by atoms with Gasteiger partial charge in [0.05, 0.1) is 43.9 Å². The number of nitrogens with zero attached hydrogens (tertiary/aromatic N) is 4. The van der Waals surface area contributed by atoms with Gasteiger partial charge in [-0.05, 0) is 75.6 Å². The molecule has 0 aliphatic carbocycles. The first kappa shape index (κ1) is 37.5. The average molecular weight is 701 g/mol. The van der Waals surface area contributed by atoms with E-state index in [4.69, 9.17) is 14.2 Å². The van der Waals surface area contributed by atoms with Gasteiger partial charge in [0.1, 0.15) is 11.5 Å². The highest BCUT2D eigenvalue weighted by atomic mass is 32.2. The summed E-state index contributed by atoms with van der Waals surface area (Å²) < 4.78 is 47.9. The lowest BCUT2D eigenvalue weighted by Crippen LogP contribution is -2.48. The van der Waals surface area contributed by atoms with Gasteiger partial charge in [0.2, 0.25) is 0 Å².